The third-order valence-corrected chi connectivity index (χ3v) is 5.08. The summed E-state index contributed by atoms with van der Waals surface area (Å²) in [6.07, 6.45) is 7.53. The molecule has 1 aliphatic carbocycles. The van der Waals surface area contributed by atoms with Gasteiger partial charge in [-0.05, 0) is 18.8 Å². The van der Waals surface area contributed by atoms with E-state index in [1.165, 1.54) is 19.3 Å². The monoisotopic (exact) mass is 299 g/mol. The minimum Gasteiger partial charge on any atom is -0.330 e. The Hall–Kier alpha value is -0.880. The summed E-state index contributed by atoms with van der Waals surface area (Å²) < 4.78 is 25.2. The summed E-state index contributed by atoms with van der Waals surface area (Å²) in [5.74, 6) is 1.62. The topological polar surface area (TPSA) is 78.0 Å². The largest absolute Gasteiger partial charge is 0.330 e. The zero-order valence-electron chi connectivity index (χ0n) is 12.5. The van der Waals surface area contributed by atoms with Gasteiger partial charge in [-0.15, -0.1) is 0 Å². The van der Waals surface area contributed by atoms with Crippen LogP contribution in [-0.4, -0.2) is 18.0 Å². The second-order valence-corrected chi connectivity index (χ2v) is 7.57. The number of sulfonamides is 1. The summed E-state index contributed by atoms with van der Waals surface area (Å²) >= 11 is 0. The molecule has 2 N–H and O–H groups in total. The van der Waals surface area contributed by atoms with Gasteiger partial charge in [-0.1, -0.05) is 40.0 Å². The molecular weight excluding hydrogens is 274 g/mol. The van der Waals surface area contributed by atoms with E-state index in [-0.39, 0.29) is 10.9 Å². The van der Waals surface area contributed by atoms with Crippen LogP contribution in [-0.2, 0) is 10.0 Å². The zero-order chi connectivity index (χ0) is 14.9. The van der Waals surface area contributed by atoms with Crippen molar-refractivity contribution in [3.05, 3.63) is 12.0 Å². The van der Waals surface area contributed by atoms with Gasteiger partial charge in [0.25, 0.3) is 10.0 Å². The van der Waals surface area contributed by atoms with E-state index in [1.54, 1.807) is 6.20 Å². The minimum absolute atomic E-state index is 0.00151. The molecular formula is C14H25N3O2S. The maximum atomic E-state index is 11.6. The van der Waals surface area contributed by atoms with Crippen LogP contribution < -0.4 is 5.14 Å². The van der Waals surface area contributed by atoms with Gasteiger partial charge >= 0.3 is 0 Å². The summed E-state index contributed by atoms with van der Waals surface area (Å²) in [5.41, 5.74) is 0. The molecule has 1 aromatic heterocycles. The Kier molecular flexibility index (Phi) is 4.54. The number of rotatable bonds is 4. The van der Waals surface area contributed by atoms with E-state index in [1.807, 2.05) is 13.8 Å². The predicted molar refractivity (Wildman–Crippen MR) is 79.0 cm³/mol. The molecule has 6 heteroatoms. The van der Waals surface area contributed by atoms with Gasteiger partial charge in [0.05, 0.1) is 0 Å². The van der Waals surface area contributed by atoms with Gasteiger partial charge in [0, 0.05) is 18.2 Å². The highest BCUT2D eigenvalue weighted by molar-refractivity contribution is 7.89. The van der Waals surface area contributed by atoms with Crippen molar-refractivity contribution in [2.24, 2.45) is 11.1 Å². The first-order valence-corrected chi connectivity index (χ1v) is 9.00. The standard InChI is InChI=1S/C14H25N3O2S/c1-4-11-7-5-6-8-12(11)17-9-13(20(15,18)19)16-14(17)10(2)3/h9-12H,4-8H2,1-3H3,(H2,15,18,19). The molecule has 0 aromatic carbocycles. The third-order valence-electron chi connectivity index (χ3n) is 4.30. The maximum absolute atomic E-state index is 11.6. The summed E-state index contributed by atoms with van der Waals surface area (Å²) in [4.78, 5) is 4.27. The number of nitrogens with zero attached hydrogens (tertiary/aromatic N) is 2. The lowest BCUT2D eigenvalue weighted by Crippen LogP contribution is -2.24. The Balaban J connectivity index is 2.46. The highest BCUT2D eigenvalue weighted by Gasteiger charge is 2.29. The molecule has 20 heavy (non-hydrogen) atoms. The van der Waals surface area contributed by atoms with E-state index in [0.29, 0.717) is 12.0 Å². The lowest BCUT2D eigenvalue weighted by atomic mass is 9.82. The average Bonchev–Trinajstić information content (AvgIpc) is 2.83. The molecule has 1 aliphatic rings. The van der Waals surface area contributed by atoms with Crippen LogP contribution in [0.4, 0.5) is 0 Å². The van der Waals surface area contributed by atoms with Crippen LogP contribution in [0.15, 0.2) is 11.2 Å². The second kappa shape index (κ2) is 5.85. The van der Waals surface area contributed by atoms with Gasteiger partial charge in [-0.25, -0.2) is 18.5 Å². The van der Waals surface area contributed by atoms with Crippen molar-refractivity contribution in [2.75, 3.05) is 0 Å². The van der Waals surface area contributed by atoms with Crippen LogP contribution >= 0.6 is 0 Å². The summed E-state index contributed by atoms with van der Waals surface area (Å²) in [5, 5.41) is 5.23. The van der Waals surface area contributed by atoms with Gasteiger partial charge in [0.15, 0.2) is 5.03 Å². The van der Waals surface area contributed by atoms with Crippen LogP contribution in [0.1, 0.15) is 70.7 Å². The average molecular weight is 299 g/mol. The molecule has 2 rings (SSSR count). The normalized spacial score (nSPS) is 24.2. The van der Waals surface area contributed by atoms with E-state index < -0.39 is 10.0 Å². The molecule has 1 heterocycles. The summed E-state index contributed by atoms with van der Waals surface area (Å²) in [6, 6.07) is 0.356. The van der Waals surface area contributed by atoms with Crippen molar-refractivity contribution in [1.82, 2.24) is 9.55 Å². The van der Waals surface area contributed by atoms with Gasteiger partial charge in [-0.3, -0.25) is 0 Å². The highest BCUT2D eigenvalue weighted by atomic mass is 32.2. The molecule has 0 aliphatic heterocycles. The number of aromatic nitrogens is 2. The van der Waals surface area contributed by atoms with Crippen molar-refractivity contribution in [3.63, 3.8) is 0 Å². The Labute approximate surface area is 121 Å². The molecule has 1 fully saturated rings. The molecule has 2 unspecified atom stereocenters. The van der Waals surface area contributed by atoms with Crippen LogP contribution in [0, 0.1) is 5.92 Å². The highest BCUT2D eigenvalue weighted by Crippen LogP contribution is 2.38. The second-order valence-electron chi connectivity index (χ2n) is 6.06. The van der Waals surface area contributed by atoms with Crippen molar-refractivity contribution >= 4 is 10.0 Å². The van der Waals surface area contributed by atoms with Gasteiger partial charge in [0.1, 0.15) is 5.82 Å². The maximum Gasteiger partial charge on any atom is 0.257 e. The van der Waals surface area contributed by atoms with Crippen molar-refractivity contribution < 1.29 is 8.42 Å². The molecule has 0 spiro atoms. The molecule has 5 nitrogen and oxygen atoms in total. The van der Waals surface area contributed by atoms with Gasteiger partial charge in [0.2, 0.25) is 0 Å². The smallest absolute Gasteiger partial charge is 0.257 e. The lowest BCUT2D eigenvalue weighted by Gasteiger charge is -2.33. The third kappa shape index (κ3) is 3.06. The van der Waals surface area contributed by atoms with Crippen LogP contribution in [0.2, 0.25) is 0 Å². The lowest BCUT2D eigenvalue weighted by molar-refractivity contribution is 0.227. The first-order valence-electron chi connectivity index (χ1n) is 7.46. The fraction of sp³-hybridized carbons (Fsp3) is 0.786. The van der Waals surface area contributed by atoms with E-state index in [2.05, 4.69) is 16.5 Å². The molecule has 0 amide bonds. The van der Waals surface area contributed by atoms with Crippen molar-refractivity contribution in [3.8, 4) is 0 Å². The van der Waals surface area contributed by atoms with Crippen molar-refractivity contribution in [1.29, 1.82) is 0 Å². The molecule has 0 saturated heterocycles. The van der Waals surface area contributed by atoms with E-state index in [4.69, 9.17) is 5.14 Å². The van der Waals surface area contributed by atoms with Crippen LogP contribution in [0.5, 0.6) is 0 Å². The van der Waals surface area contributed by atoms with Crippen molar-refractivity contribution in [2.45, 2.75) is 69.9 Å². The molecule has 2 atom stereocenters. The molecule has 114 valence electrons. The fourth-order valence-electron chi connectivity index (χ4n) is 3.25. The molecule has 1 saturated carbocycles. The summed E-state index contributed by atoms with van der Waals surface area (Å²) in [6.45, 7) is 6.28. The Morgan fingerprint density at radius 3 is 2.60 bits per heavy atom. The number of hydrogen-bond acceptors (Lipinski definition) is 3. The van der Waals surface area contributed by atoms with Crippen LogP contribution in [0.3, 0.4) is 0 Å². The quantitative estimate of drug-likeness (QED) is 0.928. The van der Waals surface area contributed by atoms with Gasteiger partial charge < -0.3 is 4.57 Å². The number of imidazole rings is 1. The molecule has 0 bridgehead atoms. The predicted octanol–water partition coefficient (Wildman–Crippen LogP) is 2.80. The fourth-order valence-corrected chi connectivity index (χ4v) is 3.73. The molecule has 1 aromatic rings. The Bertz CT molecular complexity index is 563. The number of nitrogens with two attached hydrogens (primary N) is 1. The summed E-state index contributed by atoms with van der Waals surface area (Å²) in [7, 11) is -3.73. The first-order chi connectivity index (χ1) is 9.34. The van der Waals surface area contributed by atoms with Gasteiger partial charge in [-0.2, -0.15) is 0 Å². The first kappa shape index (κ1) is 15.5. The molecule has 0 radical (unpaired) electrons. The Morgan fingerprint density at radius 1 is 1.40 bits per heavy atom. The SMILES string of the molecule is CCC1CCCCC1n1cc(S(N)(=O)=O)nc1C(C)C. The van der Waals surface area contributed by atoms with E-state index in [0.717, 1.165) is 18.7 Å². The van der Waals surface area contributed by atoms with E-state index >= 15 is 0 Å². The van der Waals surface area contributed by atoms with Crippen LogP contribution in [0.25, 0.3) is 0 Å². The number of hydrogen-bond donors (Lipinski definition) is 1. The Morgan fingerprint density at radius 2 is 2.05 bits per heavy atom. The minimum atomic E-state index is -3.73. The van der Waals surface area contributed by atoms with E-state index in [9.17, 15) is 8.42 Å². The zero-order valence-corrected chi connectivity index (χ0v) is 13.4. The number of primary sulfonamides is 1.